The molecular formula is C11H20N4. The zero-order valence-corrected chi connectivity index (χ0v) is 9.61. The molecule has 15 heavy (non-hydrogen) atoms. The summed E-state index contributed by atoms with van der Waals surface area (Å²) in [5.74, 6) is 1.07. The fourth-order valence-electron chi connectivity index (χ4n) is 2.38. The summed E-state index contributed by atoms with van der Waals surface area (Å²) in [6.45, 7) is 3.85. The Morgan fingerprint density at radius 3 is 2.93 bits per heavy atom. The zero-order chi connectivity index (χ0) is 10.8. The number of anilines is 1. The summed E-state index contributed by atoms with van der Waals surface area (Å²) in [7, 11) is 2.05. The Morgan fingerprint density at radius 2 is 2.33 bits per heavy atom. The number of hydrogen-bond acceptors (Lipinski definition) is 3. The van der Waals surface area contributed by atoms with Crippen molar-refractivity contribution >= 4 is 5.95 Å². The molecule has 0 spiro atoms. The molecule has 0 bridgehead atoms. The van der Waals surface area contributed by atoms with E-state index in [0.717, 1.165) is 24.7 Å². The van der Waals surface area contributed by atoms with Gasteiger partial charge in [0.2, 0.25) is 5.95 Å². The number of imidazole rings is 1. The molecule has 0 aliphatic carbocycles. The maximum absolute atomic E-state index is 5.81. The molecule has 1 atom stereocenters. The SMILES string of the molecule is Cc1cn(C)c(N2CCCCC2CN)n1. The Balaban J connectivity index is 2.23. The van der Waals surface area contributed by atoms with Crippen LogP contribution in [-0.4, -0.2) is 28.7 Å². The van der Waals surface area contributed by atoms with Gasteiger partial charge in [-0.1, -0.05) is 0 Å². The first-order chi connectivity index (χ1) is 7.22. The van der Waals surface area contributed by atoms with Gasteiger partial charge in [-0.15, -0.1) is 0 Å². The highest BCUT2D eigenvalue weighted by Gasteiger charge is 2.24. The number of piperidine rings is 1. The summed E-state index contributed by atoms with van der Waals surface area (Å²) in [6, 6.07) is 0.472. The van der Waals surface area contributed by atoms with E-state index >= 15 is 0 Å². The highest BCUT2D eigenvalue weighted by molar-refractivity contribution is 5.35. The topological polar surface area (TPSA) is 47.1 Å². The van der Waals surface area contributed by atoms with Gasteiger partial charge in [0, 0.05) is 32.4 Å². The Labute approximate surface area is 91.1 Å². The van der Waals surface area contributed by atoms with Crippen LogP contribution < -0.4 is 10.6 Å². The van der Waals surface area contributed by atoms with Gasteiger partial charge in [0.1, 0.15) is 0 Å². The minimum absolute atomic E-state index is 0.472. The third kappa shape index (κ3) is 2.00. The molecule has 1 aliphatic heterocycles. The monoisotopic (exact) mass is 208 g/mol. The minimum atomic E-state index is 0.472. The molecule has 1 aliphatic rings. The molecule has 1 saturated heterocycles. The van der Waals surface area contributed by atoms with Gasteiger partial charge in [-0.25, -0.2) is 4.98 Å². The second kappa shape index (κ2) is 4.23. The van der Waals surface area contributed by atoms with Crippen LogP contribution in [0.15, 0.2) is 6.20 Å². The van der Waals surface area contributed by atoms with E-state index in [-0.39, 0.29) is 0 Å². The quantitative estimate of drug-likeness (QED) is 0.790. The van der Waals surface area contributed by atoms with E-state index in [0.29, 0.717) is 6.04 Å². The van der Waals surface area contributed by atoms with Crippen LogP contribution in [0.1, 0.15) is 25.0 Å². The number of hydrogen-bond donors (Lipinski definition) is 1. The van der Waals surface area contributed by atoms with Gasteiger partial charge >= 0.3 is 0 Å². The summed E-state index contributed by atoms with van der Waals surface area (Å²) in [6.07, 6.45) is 5.81. The van der Waals surface area contributed by atoms with Crippen molar-refractivity contribution in [3.8, 4) is 0 Å². The standard InChI is InChI=1S/C11H20N4/c1-9-8-14(2)11(13-9)15-6-4-3-5-10(15)7-12/h8,10H,3-7,12H2,1-2H3. The fourth-order valence-corrected chi connectivity index (χ4v) is 2.38. The maximum Gasteiger partial charge on any atom is 0.205 e. The van der Waals surface area contributed by atoms with Crippen molar-refractivity contribution in [1.82, 2.24) is 9.55 Å². The molecule has 2 heterocycles. The molecule has 2 rings (SSSR count). The summed E-state index contributed by atoms with van der Waals surface area (Å²) >= 11 is 0. The van der Waals surface area contributed by atoms with Gasteiger partial charge in [0.05, 0.1) is 5.69 Å². The number of nitrogens with two attached hydrogens (primary N) is 1. The lowest BCUT2D eigenvalue weighted by atomic mass is 10.0. The third-order valence-electron chi connectivity index (χ3n) is 3.13. The fraction of sp³-hybridized carbons (Fsp3) is 0.727. The third-order valence-corrected chi connectivity index (χ3v) is 3.13. The second-order valence-electron chi connectivity index (χ2n) is 4.37. The van der Waals surface area contributed by atoms with Crippen LogP contribution in [0.3, 0.4) is 0 Å². The van der Waals surface area contributed by atoms with Crippen LogP contribution in [0.25, 0.3) is 0 Å². The van der Waals surface area contributed by atoms with Gasteiger partial charge in [0.25, 0.3) is 0 Å². The van der Waals surface area contributed by atoms with Crippen LogP contribution >= 0.6 is 0 Å². The molecule has 0 saturated carbocycles. The van der Waals surface area contributed by atoms with Crippen molar-refractivity contribution in [2.75, 3.05) is 18.0 Å². The van der Waals surface area contributed by atoms with Crippen LogP contribution in [0.5, 0.6) is 0 Å². The van der Waals surface area contributed by atoms with E-state index in [1.165, 1.54) is 19.3 Å². The van der Waals surface area contributed by atoms with Gasteiger partial charge in [-0.05, 0) is 26.2 Å². The number of aryl methyl sites for hydroxylation is 2. The average molecular weight is 208 g/mol. The highest BCUT2D eigenvalue weighted by Crippen LogP contribution is 2.22. The van der Waals surface area contributed by atoms with Crippen molar-refractivity contribution in [3.05, 3.63) is 11.9 Å². The molecule has 1 aromatic rings. The molecule has 0 amide bonds. The number of aromatic nitrogens is 2. The van der Waals surface area contributed by atoms with Gasteiger partial charge in [-0.2, -0.15) is 0 Å². The van der Waals surface area contributed by atoms with Crippen LogP contribution in [0, 0.1) is 6.92 Å². The first-order valence-corrected chi connectivity index (χ1v) is 5.69. The molecule has 0 aromatic carbocycles. The second-order valence-corrected chi connectivity index (χ2v) is 4.37. The van der Waals surface area contributed by atoms with E-state index in [1.54, 1.807) is 0 Å². The molecule has 84 valence electrons. The molecule has 4 nitrogen and oxygen atoms in total. The predicted octanol–water partition coefficient (Wildman–Crippen LogP) is 1.05. The Kier molecular flexibility index (Phi) is 2.95. The molecule has 0 radical (unpaired) electrons. The summed E-state index contributed by atoms with van der Waals surface area (Å²) in [5, 5.41) is 0. The molecule has 1 aromatic heterocycles. The van der Waals surface area contributed by atoms with Crippen LogP contribution in [0.2, 0.25) is 0 Å². The van der Waals surface area contributed by atoms with Crippen molar-refractivity contribution in [2.45, 2.75) is 32.2 Å². The van der Waals surface area contributed by atoms with Crippen molar-refractivity contribution in [1.29, 1.82) is 0 Å². The summed E-state index contributed by atoms with van der Waals surface area (Å²) in [4.78, 5) is 6.92. The molecule has 2 N–H and O–H groups in total. The molecule has 4 heteroatoms. The smallest absolute Gasteiger partial charge is 0.205 e. The van der Waals surface area contributed by atoms with Crippen molar-refractivity contribution in [3.63, 3.8) is 0 Å². The van der Waals surface area contributed by atoms with Gasteiger partial charge in [0.15, 0.2) is 0 Å². The van der Waals surface area contributed by atoms with E-state index in [2.05, 4.69) is 27.7 Å². The van der Waals surface area contributed by atoms with E-state index in [9.17, 15) is 0 Å². The average Bonchev–Trinajstić information content (AvgIpc) is 2.57. The zero-order valence-electron chi connectivity index (χ0n) is 9.61. The number of nitrogens with zero attached hydrogens (tertiary/aromatic N) is 3. The lowest BCUT2D eigenvalue weighted by Crippen LogP contribution is -2.45. The number of rotatable bonds is 2. The Bertz CT molecular complexity index is 331. The maximum atomic E-state index is 5.81. The molecular weight excluding hydrogens is 188 g/mol. The van der Waals surface area contributed by atoms with E-state index < -0.39 is 0 Å². The Hall–Kier alpha value is -1.03. The largest absolute Gasteiger partial charge is 0.338 e. The molecule has 1 fully saturated rings. The summed E-state index contributed by atoms with van der Waals surface area (Å²) in [5.41, 5.74) is 6.89. The normalized spacial score (nSPS) is 22.1. The first-order valence-electron chi connectivity index (χ1n) is 5.69. The minimum Gasteiger partial charge on any atom is -0.338 e. The summed E-state index contributed by atoms with van der Waals surface area (Å²) < 4.78 is 2.10. The predicted molar refractivity (Wildman–Crippen MR) is 62.0 cm³/mol. The van der Waals surface area contributed by atoms with Crippen LogP contribution in [0.4, 0.5) is 5.95 Å². The van der Waals surface area contributed by atoms with Gasteiger partial charge < -0.3 is 15.2 Å². The molecule has 1 unspecified atom stereocenters. The van der Waals surface area contributed by atoms with E-state index in [4.69, 9.17) is 5.73 Å². The first kappa shape index (κ1) is 10.5. The van der Waals surface area contributed by atoms with Crippen LogP contribution in [-0.2, 0) is 7.05 Å². The van der Waals surface area contributed by atoms with Gasteiger partial charge in [-0.3, -0.25) is 0 Å². The lowest BCUT2D eigenvalue weighted by molar-refractivity contribution is 0.454. The van der Waals surface area contributed by atoms with E-state index in [1.807, 2.05) is 6.92 Å². The highest BCUT2D eigenvalue weighted by atomic mass is 15.3. The lowest BCUT2D eigenvalue weighted by Gasteiger charge is -2.35. The Morgan fingerprint density at radius 1 is 1.53 bits per heavy atom. The van der Waals surface area contributed by atoms with Crippen molar-refractivity contribution < 1.29 is 0 Å². The van der Waals surface area contributed by atoms with Crippen molar-refractivity contribution in [2.24, 2.45) is 12.8 Å².